The zero-order valence-corrected chi connectivity index (χ0v) is 10.2. The summed E-state index contributed by atoms with van der Waals surface area (Å²) in [5, 5.41) is 1.06. The third kappa shape index (κ3) is 6.30. The Morgan fingerprint density at radius 2 is 2.00 bits per heavy atom. The Hall–Kier alpha value is -0.810. The number of hydrazine groups is 1. The lowest BCUT2D eigenvalue weighted by molar-refractivity contribution is 0.00469. The normalized spacial score (nSPS) is 13.5. The summed E-state index contributed by atoms with van der Waals surface area (Å²) in [7, 11) is 0. The lowest BCUT2D eigenvalue weighted by atomic mass is 10.2. The molecule has 15 heavy (non-hydrogen) atoms. The molecule has 1 atom stereocenters. The van der Waals surface area contributed by atoms with Crippen molar-refractivity contribution in [3.8, 4) is 0 Å². The molecule has 0 heterocycles. The van der Waals surface area contributed by atoms with Crippen molar-refractivity contribution in [1.29, 1.82) is 0 Å². The van der Waals surface area contributed by atoms with Crippen molar-refractivity contribution in [3.63, 3.8) is 0 Å². The molecule has 0 aromatic rings. The van der Waals surface area contributed by atoms with Crippen LogP contribution in [-0.4, -0.2) is 36.0 Å². The standard InChI is InChI=1S/C10H22N2O3/c1-6-14-7-8(2)12(11)9(13)15-10(3,4)5/h8H,6-7,11H2,1-5H3/t8-/m1/s1. The van der Waals surface area contributed by atoms with Gasteiger partial charge in [-0.3, -0.25) is 0 Å². The van der Waals surface area contributed by atoms with E-state index in [1.807, 2.05) is 6.92 Å². The van der Waals surface area contributed by atoms with Gasteiger partial charge in [-0.1, -0.05) is 0 Å². The molecule has 5 heteroatoms. The molecule has 0 aliphatic rings. The average molecular weight is 218 g/mol. The Kier molecular flexibility index (Phi) is 5.60. The van der Waals surface area contributed by atoms with E-state index in [4.69, 9.17) is 15.3 Å². The van der Waals surface area contributed by atoms with Gasteiger partial charge >= 0.3 is 6.09 Å². The smallest absolute Gasteiger partial charge is 0.424 e. The Morgan fingerprint density at radius 1 is 1.47 bits per heavy atom. The molecule has 0 aliphatic carbocycles. The molecule has 0 saturated carbocycles. The maximum atomic E-state index is 11.5. The van der Waals surface area contributed by atoms with E-state index in [1.54, 1.807) is 27.7 Å². The summed E-state index contributed by atoms with van der Waals surface area (Å²) in [5.74, 6) is 5.59. The molecule has 0 aromatic carbocycles. The van der Waals surface area contributed by atoms with Crippen LogP contribution in [0.25, 0.3) is 0 Å². The number of hydrogen-bond donors (Lipinski definition) is 1. The van der Waals surface area contributed by atoms with E-state index in [0.29, 0.717) is 13.2 Å². The van der Waals surface area contributed by atoms with Crippen LogP contribution < -0.4 is 5.84 Å². The van der Waals surface area contributed by atoms with Crippen LogP contribution in [0.3, 0.4) is 0 Å². The lowest BCUT2D eigenvalue weighted by Gasteiger charge is -2.27. The Balaban J connectivity index is 4.08. The summed E-state index contributed by atoms with van der Waals surface area (Å²) in [6.07, 6.45) is -0.533. The van der Waals surface area contributed by atoms with Crippen molar-refractivity contribution in [2.75, 3.05) is 13.2 Å². The topological polar surface area (TPSA) is 64.8 Å². The van der Waals surface area contributed by atoms with Crippen LogP contribution in [0.2, 0.25) is 0 Å². The van der Waals surface area contributed by atoms with Crippen molar-refractivity contribution >= 4 is 6.09 Å². The summed E-state index contributed by atoms with van der Waals surface area (Å²) in [5.41, 5.74) is -0.528. The fraction of sp³-hybridized carbons (Fsp3) is 0.900. The zero-order valence-electron chi connectivity index (χ0n) is 10.2. The Bertz CT molecular complexity index is 201. The molecule has 2 N–H and O–H groups in total. The first-order chi connectivity index (χ1) is 6.78. The second-order valence-corrected chi connectivity index (χ2v) is 4.40. The minimum Gasteiger partial charge on any atom is -0.443 e. The largest absolute Gasteiger partial charge is 0.443 e. The predicted molar refractivity (Wildman–Crippen MR) is 58.2 cm³/mol. The van der Waals surface area contributed by atoms with Gasteiger partial charge in [0.2, 0.25) is 0 Å². The molecule has 90 valence electrons. The average Bonchev–Trinajstić information content (AvgIpc) is 2.10. The number of carbonyl (C=O) groups excluding carboxylic acids is 1. The summed E-state index contributed by atoms with van der Waals surface area (Å²) >= 11 is 0. The SMILES string of the molecule is CCOC[C@@H](C)N(N)C(=O)OC(C)(C)C. The lowest BCUT2D eigenvalue weighted by Crippen LogP contribution is -2.48. The van der Waals surface area contributed by atoms with E-state index in [2.05, 4.69) is 0 Å². The van der Waals surface area contributed by atoms with Crippen molar-refractivity contribution < 1.29 is 14.3 Å². The molecule has 0 radical (unpaired) electrons. The number of amides is 1. The monoisotopic (exact) mass is 218 g/mol. The summed E-state index contributed by atoms with van der Waals surface area (Å²) < 4.78 is 10.3. The van der Waals surface area contributed by atoms with Crippen molar-refractivity contribution in [1.82, 2.24) is 5.01 Å². The van der Waals surface area contributed by atoms with Crippen LogP contribution in [0.5, 0.6) is 0 Å². The maximum absolute atomic E-state index is 11.5. The second-order valence-electron chi connectivity index (χ2n) is 4.40. The van der Waals surface area contributed by atoms with Crippen molar-refractivity contribution in [2.24, 2.45) is 5.84 Å². The first kappa shape index (κ1) is 14.2. The van der Waals surface area contributed by atoms with Gasteiger partial charge in [0, 0.05) is 6.61 Å². The van der Waals surface area contributed by atoms with Gasteiger partial charge in [0.25, 0.3) is 0 Å². The third-order valence-electron chi connectivity index (χ3n) is 1.64. The fourth-order valence-electron chi connectivity index (χ4n) is 0.863. The predicted octanol–water partition coefficient (Wildman–Crippen LogP) is 1.52. The molecule has 5 nitrogen and oxygen atoms in total. The summed E-state index contributed by atoms with van der Waals surface area (Å²) in [6.45, 7) is 10.1. The van der Waals surface area contributed by atoms with Crippen molar-refractivity contribution in [3.05, 3.63) is 0 Å². The third-order valence-corrected chi connectivity index (χ3v) is 1.64. The van der Waals surface area contributed by atoms with Crippen LogP contribution >= 0.6 is 0 Å². The highest BCUT2D eigenvalue weighted by atomic mass is 16.6. The number of hydrogen-bond acceptors (Lipinski definition) is 4. The number of ether oxygens (including phenoxy) is 2. The van der Waals surface area contributed by atoms with Gasteiger partial charge in [0.05, 0.1) is 12.6 Å². The quantitative estimate of drug-likeness (QED) is 0.441. The van der Waals surface area contributed by atoms with E-state index >= 15 is 0 Å². The summed E-state index contributed by atoms with van der Waals surface area (Å²) in [4.78, 5) is 11.5. The fourth-order valence-corrected chi connectivity index (χ4v) is 0.863. The van der Waals surface area contributed by atoms with Gasteiger partial charge in [-0.2, -0.15) is 0 Å². The van der Waals surface area contributed by atoms with E-state index in [1.165, 1.54) is 0 Å². The molecule has 0 bridgehead atoms. The number of nitrogens with zero attached hydrogens (tertiary/aromatic N) is 1. The number of rotatable bonds is 4. The van der Waals surface area contributed by atoms with Gasteiger partial charge in [0.1, 0.15) is 5.60 Å². The van der Waals surface area contributed by atoms with E-state index in [0.717, 1.165) is 5.01 Å². The minimum absolute atomic E-state index is 0.195. The highest BCUT2D eigenvalue weighted by Gasteiger charge is 2.23. The van der Waals surface area contributed by atoms with Crippen LogP contribution in [0.4, 0.5) is 4.79 Å². The molecule has 0 rings (SSSR count). The molecule has 0 fully saturated rings. The van der Waals surface area contributed by atoms with Crippen LogP contribution in [-0.2, 0) is 9.47 Å². The highest BCUT2D eigenvalue weighted by Crippen LogP contribution is 2.09. The summed E-state index contributed by atoms with van der Waals surface area (Å²) in [6, 6.07) is -0.195. The number of nitrogens with two attached hydrogens (primary N) is 1. The molecule has 0 saturated heterocycles. The molecule has 0 spiro atoms. The van der Waals surface area contributed by atoms with Crippen LogP contribution in [0, 0.1) is 0 Å². The van der Waals surface area contributed by atoms with Crippen LogP contribution in [0.1, 0.15) is 34.6 Å². The molecule has 0 aromatic heterocycles. The van der Waals surface area contributed by atoms with Crippen LogP contribution in [0.15, 0.2) is 0 Å². The molecular formula is C10H22N2O3. The van der Waals surface area contributed by atoms with Gasteiger partial charge < -0.3 is 9.47 Å². The van der Waals surface area contributed by atoms with Gasteiger partial charge in [-0.05, 0) is 34.6 Å². The molecular weight excluding hydrogens is 196 g/mol. The molecule has 0 unspecified atom stereocenters. The highest BCUT2D eigenvalue weighted by molar-refractivity contribution is 5.67. The zero-order chi connectivity index (χ0) is 12.1. The van der Waals surface area contributed by atoms with Gasteiger partial charge in [-0.25, -0.2) is 15.6 Å². The molecule has 1 amide bonds. The van der Waals surface area contributed by atoms with Crippen molar-refractivity contribution in [2.45, 2.75) is 46.3 Å². The van der Waals surface area contributed by atoms with E-state index in [-0.39, 0.29) is 6.04 Å². The molecule has 0 aliphatic heterocycles. The van der Waals surface area contributed by atoms with Gasteiger partial charge in [-0.15, -0.1) is 0 Å². The first-order valence-electron chi connectivity index (χ1n) is 5.12. The number of carbonyl (C=O) groups is 1. The maximum Gasteiger partial charge on any atom is 0.424 e. The first-order valence-corrected chi connectivity index (χ1v) is 5.12. The van der Waals surface area contributed by atoms with E-state index < -0.39 is 11.7 Å². The minimum atomic E-state index is -0.533. The van der Waals surface area contributed by atoms with Gasteiger partial charge in [0.15, 0.2) is 0 Å². The second kappa shape index (κ2) is 5.92. The Morgan fingerprint density at radius 3 is 2.40 bits per heavy atom. The Labute approximate surface area is 91.5 Å². The van der Waals surface area contributed by atoms with E-state index in [9.17, 15) is 4.79 Å².